The molecule has 3 heterocycles. The molecule has 34 heavy (non-hydrogen) atoms. The fraction of sp³-hybridized carbons (Fsp3) is 0.448. The summed E-state index contributed by atoms with van der Waals surface area (Å²) in [6.07, 6.45) is 7.18. The first-order valence-corrected chi connectivity index (χ1v) is 12.6. The van der Waals surface area contributed by atoms with Gasteiger partial charge >= 0.3 is 0 Å². The monoisotopic (exact) mass is 457 g/mol. The Kier molecular flexibility index (Phi) is 6.44. The van der Waals surface area contributed by atoms with Crippen molar-refractivity contribution in [2.45, 2.75) is 58.4 Å². The highest BCUT2D eigenvalue weighted by Gasteiger charge is 2.28. The summed E-state index contributed by atoms with van der Waals surface area (Å²) < 4.78 is 7.75. The van der Waals surface area contributed by atoms with Crippen LogP contribution < -0.4 is 4.74 Å². The van der Waals surface area contributed by atoms with E-state index in [9.17, 15) is 4.79 Å². The van der Waals surface area contributed by atoms with Crippen LogP contribution in [0.25, 0.3) is 0 Å². The number of imidazole rings is 1. The van der Waals surface area contributed by atoms with Crippen molar-refractivity contribution < 1.29 is 9.53 Å². The summed E-state index contributed by atoms with van der Waals surface area (Å²) in [7, 11) is 1.73. The summed E-state index contributed by atoms with van der Waals surface area (Å²) >= 11 is 0. The number of hydrogen-bond acceptors (Lipinski definition) is 3. The maximum Gasteiger partial charge on any atom is 0.274 e. The second-order valence-electron chi connectivity index (χ2n) is 10.0. The number of fused-ring (bicyclic) bond motifs is 1. The van der Waals surface area contributed by atoms with E-state index in [4.69, 9.17) is 9.72 Å². The number of nitrogens with zero attached hydrogens (tertiary/aromatic N) is 3. The Morgan fingerprint density at radius 1 is 1.06 bits per heavy atom. The zero-order valence-electron chi connectivity index (χ0n) is 20.6. The van der Waals surface area contributed by atoms with Crippen molar-refractivity contribution in [2.75, 3.05) is 20.2 Å². The number of methoxy groups -OCH3 is 1. The number of aromatic nitrogens is 2. The Bertz CT molecular complexity index is 1140. The van der Waals surface area contributed by atoms with Crippen molar-refractivity contribution in [3.63, 3.8) is 0 Å². The Labute approximate surface area is 202 Å². The average Bonchev–Trinajstić information content (AvgIpc) is 3.28. The number of amides is 1. The number of likely N-dealkylation sites (tertiary alicyclic amines) is 1. The molecule has 1 amide bonds. The normalized spacial score (nSPS) is 18.6. The van der Waals surface area contributed by atoms with Crippen molar-refractivity contribution in [3.8, 4) is 5.75 Å². The molecule has 178 valence electrons. The van der Waals surface area contributed by atoms with Crippen LogP contribution in [0.5, 0.6) is 5.75 Å². The number of carbonyl (C=O) groups excluding carboxylic acids is 1. The molecule has 1 aromatic heterocycles. The van der Waals surface area contributed by atoms with Crippen molar-refractivity contribution >= 4 is 5.91 Å². The van der Waals surface area contributed by atoms with Crippen molar-refractivity contribution in [2.24, 2.45) is 5.92 Å². The minimum Gasteiger partial charge on any atom is -0.496 e. The van der Waals surface area contributed by atoms with Crippen LogP contribution in [0.2, 0.25) is 0 Å². The number of ether oxygens (including phenoxy) is 1. The number of carbonyl (C=O) groups is 1. The number of benzene rings is 2. The van der Waals surface area contributed by atoms with E-state index in [2.05, 4.69) is 60.9 Å². The van der Waals surface area contributed by atoms with Crippen LogP contribution >= 0.6 is 0 Å². The minimum atomic E-state index is 0.0905. The molecule has 0 N–H and O–H groups in total. The van der Waals surface area contributed by atoms with Gasteiger partial charge in [-0.3, -0.25) is 4.79 Å². The van der Waals surface area contributed by atoms with Gasteiger partial charge in [0.1, 0.15) is 17.3 Å². The minimum absolute atomic E-state index is 0.0905. The van der Waals surface area contributed by atoms with Gasteiger partial charge in [-0.1, -0.05) is 42.5 Å². The molecule has 1 saturated heterocycles. The van der Waals surface area contributed by atoms with E-state index < -0.39 is 0 Å². The predicted molar refractivity (Wildman–Crippen MR) is 135 cm³/mol. The highest BCUT2D eigenvalue weighted by atomic mass is 16.5. The fourth-order valence-corrected chi connectivity index (χ4v) is 5.81. The molecule has 0 unspecified atom stereocenters. The van der Waals surface area contributed by atoms with Gasteiger partial charge in [0.05, 0.1) is 7.11 Å². The van der Waals surface area contributed by atoms with Gasteiger partial charge in [0.2, 0.25) is 0 Å². The highest BCUT2D eigenvalue weighted by molar-refractivity contribution is 5.92. The first kappa shape index (κ1) is 22.7. The van der Waals surface area contributed by atoms with E-state index in [1.54, 1.807) is 7.11 Å². The van der Waals surface area contributed by atoms with Gasteiger partial charge in [0.15, 0.2) is 0 Å². The molecule has 1 atom stereocenters. The molecule has 0 saturated carbocycles. The Hall–Kier alpha value is -3.08. The molecule has 0 bridgehead atoms. The van der Waals surface area contributed by atoms with E-state index in [0.717, 1.165) is 63.3 Å². The molecule has 0 radical (unpaired) electrons. The molecule has 2 aromatic carbocycles. The second-order valence-corrected chi connectivity index (χ2v) is 10.0. The Balaban J connectivity index is 1.22. The van der Waals surface area contributed by atoms with Crippen LogP contribution in [-0.2, 0) is 19.4 Å². The van der Waals surface area contributed by atoms with Crippen molar-refractivity contribution in [1.29, 1.82) is 0 Å². The highest BCUT2D eigenvalue weighted by Crippen LogP contribution is 2.34. The average molecular weight is 458 g/mol. The summed E-state index contributed by atoms with van der Waals surface area (Å²) in [4.78, 5) is 20.0. The zero-order valence-corrected chi connectivity index (χ0v) is 20.6. The SMILES string of the molecule is COc1c(C)cc([C@@H]2CCc3nc(C(=O)N4CCC(Cc5ccccc5)CC4)cn3C2)cc1C. The molecule has 2 aliphatic rings. The van der Waals surface area contributed by atoms with E-state index >= 15 is 0 Å². The van der Waals surface area contributed by atoms with Crippen LogP contribution in [-0.4, -0.2) is 40.6 Å². The Morgan fingerprint density at radius 2 is 1.76 bits per heavy atom. The number of piperidine rings is 1. The van der Waals surface area contributed by atoms with Gasteiger partial charge < -0.3 is 14.2 Å². The van der Waals surface area contributed by atoms with Gasteiger partial charge in [-0.15, -0.1) is 0 Å². The van der Waals surface area contributed by atoms with Crippen LogP contribution in [0.4, 0.5) is 0 Å². The van der Waals surface area contributed by atoms with Gasteiger partial charge in [0, 0.05) is 38.2 Å². The van der Waals surface area contributed by atoms with Crippen molar-refractivity contribution in [1.82, 2.24) is 14.5 Å². The quantitative estimate of drug-likeness (QED) is 0.520. The van der Waals surface area contributed by atoms with Crippen LogP contribution in [0.1, 0.15) is 63.7 Å². The lowest BCUT2D eigenvalue weighted by Crippen LogP contribution is -2.39. The molecule has 1 fully saturated rings. The third kappa shape index (κ3) is 4.61. The molecule has 5 nitrogen and oxygen atoms in total. The van der Waals surface area contributed by atoms with Gasteiger partial charge in [-0.25, -0.2) is 4.98 Å². The molecule has 5 heteroatoms. The van der Waals surface area contributed by atoms with Crippen LogP contribution in [0.3, 0.4) is 0 Å². The predicted octanol–water partition coefficient (Wildman–Crippen LogP) is 5.33. The first-order chi connectivity index (χ1) is 16.5. The van der Waals surface area contributed by atoms with Gasteiger partial charge in [-0.05, 0) is 67.7 Å². The third-order valence-electron chi connectivity index (χ3n) is 7.64. The summed E-state index contributed by atoms with van der Waals surface area (Å²) in [6, 6.07) is 15.2. The molecule has 2 aliphatic heterocycles. The van der Waals surface area contributed by atoms with E-state index in [1.807, 2.05) is 11.1 Å². The molecular weight excluding hydrogens is 422 g/mol. The molecule has 0 spiro atoms. The number of aryl methyl sites for hydroxylation is 3. The van der Waals surface area contributed by atoms with Gasteiger partial charge in [0.25, 0.3) is 5.91 Å². The van der Waals surface area contributed by atoms with E-state index in [0.29, 0.717) is 17.5 Å². The third-order valence-corrected chi connectivity index (χ3v) is 7.64. The maximum atomic E-state index is 13.2. The lowest BCUT2D eigenvalue weighted by atomic mass is 9.89. The lowest BCUT2D eigenvalue weighted by molar-refractivity contribution is 0.0685. The number of hydrogen-bond donors (Lipinski definition) is 0. The largest absolute Gasteiger partial charge is 0.496 e. The topological polar surface area (TPSA) is 47.4 Å². The van der Waals surface area contributed by atoms with Crippen molar-refractivity contribution in [3.05, 3.63) is 82.4 Å². The van der Waals surface area contributed by atoms with Gasteiger partial charge in [-0.2, -0.15) is 0 Å². The second kappa shape index (κ2) is 9.65. The maximum absolute atomic E-state index is 13.2. The molecular formula is C29H35N3O2. The van der Waals surface area contributed by atoms with Crippen LogP contribution in [0, 0.1) is 19.8 Å². The lowest BCUT2D eigenvalue weighted by Gasteiger charge is -2.31. The summed E-state index contributed by atoms with van der Waals surface area (Å²) in [5.41, 5.74) is 5.72. The summed E-state index contributed by atoms with van der Waals surface area (Å²) in [5, 5.41) is 0. The fourth-order valence-electron chi connectivity index (χ4n) is 5.81. The standard InChI is InChI=1S/C29H35N3O2/c1-20-15-25(16-21(2)28(20)34-3)24-9-10-27-30-26(19-32(27)18-24)29(33)31-13-11-23(12-14-31)17-22-7-5-4-6-8-22/h4-8,15-16,19,23-24H,9-14,17-18H2,1-3H3/t24-/m1/s1. The molecule has 5 rings (SSSR count). The summed E-state index contributed by atoms with van der Waals surface area (Å²) in [5.74, 6) is 3.19. The smallest absolute Gasteiger partial charge is 0.274 e. The van der Waals surface area contributed by atoms with E-state index in [-0.39, 0.29) is 5.91 Å². The van der Waals surface area contributed by atoms with E-state index in [1.165, 1.54) is 22.3 Å². The van der Waals surface area contributed by atoms with Crippen LogP contribution in [0.15, 0.2) is 48.7 Å². The zero-order chi connectivity index (χ0) is 23.7. The number of rotatable bonds is 5. The summed E-state index contributed by atoms with van der Waals surface area (Å²) in [6.45, 7) is 6.75. The molecule has 3 aromatic rings. The first-order valence-electron chi connectivity index (χ1n) is 12.6. The molecule has 0 aliphatic carbocycles. The Morgan fingerprint density at radius 3 is 2.44 bits per heavy atom.